The fraction of sp³-hybridized carbons (Fsp3) is 0.318. The van der Waals surface area contributed by atoms with Gasteiger partial charge in [0.2, 0.25) is 10.0 Å². The second kappa shape index (κ2) is 9.59. The Morgan fingerprint density at radius 1 is 1.03 bits per heavy atom. The number of ether oxygens (including phenoxy) is 2. The van der Waals surface area contributed by atoms with Crippen molar-refractivity contribution in [1.29, 1.82) is 0 Å². The zero-order valence-corrected chi connectivity index (χ0v) is 19.2. The van der Waals surface area contributed by atoms with Gasteiger partial charge in [-0.25, -0.2) is 18.1 Å². The summed E-state index contributed by atoms with van der Waals surface area (Å²) in [7, 11) is -3.77. The number of hydrogen-bond donors (Lipinski definition) is 1. The van der Waals surface area contributed by atoms with E-state index in [0.29, 0.717) is 19.0 Å². The molecule has 3 rings (SSSR count). The first-order valence-corrected chi connectivity index (χ1v) is 12.1. The van der Waals surface area contributed by atoms with Gasteiger partial charge in [0, 0.05) is 23.1 Å². The number of benzene rings is 2. The molecule has 3 aromatic rings. The van der Waals surface area contributed by atoms with E-state index < -0.39 is 10.0 Å². The average Bonchev–Trinajstić information content (AvgIpc) is 3.08. The molecule has 6 nitrogen and oxygen atoms in total. The standard InChI is InChI=1S/C22H26N2O4S2/c1-5-27-17-11-12-21(19(13-17)28-6-2)30(25,26)23-14-20-16(4)24-22(29-20)18-10-8-7-9-15(18)3/h7-13,23H,5-6,14H2,1-4H3. The first kappa shape index (κ1) is 22.3. The third-order valence-electron chi connectivity index (χ3n) is 4.51. The van der Waals surface area contributed by atoms with Crippen molar-refractivity contribution in [2.24, 2.45) is 0 Å². The smallest absolute Gasteiger partial charge is 0.244 e. The van der Waals surface area contributed by atoms with Crippen LogP contribution in [0.3, 0.4) is 0 Å². The first-order valence-electron chi connectivity index (χ1n) is 9.77. The van der Waals surface area contributed by atoms with E-state index in [1.54, 1.807) is 12.1 Å². The number of hydrogen-bond acceptors (Lipinski definition) is 6. The van der Waals surface area contributed by atoms with Crippen molar-refractivity contribution < 1.29 is 17.9 Å². The fourth-order valence-corrected chi connectivity index (χ4v) is 5.30. The van der Waals surface area contributed by atoms with Crippen molar-refractivity contribution in [1.82, 2.24) is 9.71 Å². The van der Waals surface area contributed by atoms with Crippen molar-refractivity contribution in [3.63, 3.8) is 0 Å². The zero-order valence-electron chi connectivity index (χ0n) is 17.6. The largest absolute Gasteiger partial charge is 0.494 e. The lowest BCUT2D eigenvalue weighted by molar-refractivity contribution is 0.317. The molecule has 0 atom stereocenters. The third-order valence-corrected chi connectivity index (χ3v) is 7.14. The monoisotopic (exact) mass is 446 g/mol. The normalized spacial score (nSPS) is 11.5. The molecule has 160 valence electrons. The number of sulfonamides is 1. The van der Waals surface area contributed by atoms with E-state index in [9.17, 15) is 8.42 Å². The topological polar surface area (TPSA) is 77.5 Å². The van der Waals surface area contributed by atoms with E-state index in [4.69, 9.17) is 9.47 Å². The second-order valence-corrected chi connectivity index (χ2v) is 9.46. The minimum absolute atomic E-state index is 0.0918. The number of nitrogens with zero attached hydrogens (tertiary/aromatic N) is 1. The van der Waals surface area contributed by atoms with Gasteiger partial charge < -0.3 is 9.47 Å². The van der Waals surface area contributed by atoms with Gasteiger partial charge >= 0.3 is 0 Å². The lowest BCUT2D eigenvalue weighted by Crippen LogP contribution is -2.23. The van der Waals surface area contributed by atoms with Crippen molar-refractivity contribution in [2.75, 3.05) is 13.2 Å². The van der Waals surface area contributed by atoms with E-state index in [1.807, 2.05) is 52.0 Å². The van der Waals surface area contributed by atoms with Crippen LogP contribution in [0.1, 0.15) is 30.0 Å². The lowest BCUT2D eigenvalue weighted by atomic mass is 10.1. The molecule has 0 aliphatic rings. The van der Waals surface area contributed by atoms with Crippen LogP contribution >= 0.6 is 11.3 Å². The molecule has 0 amide bonds. The van der Waals surface area contributed by atoms with Gasteiger partial charge in [-0.3, -0.25) is 0 Å². The highest BCUT2D eigenvalue weighted by Gasteiger charge is 2.21. The van der Waals surface area contributed by atoms with Crippen LogP contribution < -0.4 is 14.2 Å². The van der Waals surface area contributed by atoms with Gasteiger partial charge in [-0.1, -0.05) is 24.3 Å². The predicted octanol–water partition coefficient (Wildman–Crippen LogP) is 4.70. The van der Waals surface area contributed by atoms with Gasteiger partial charge in [-0.15, -0.1) is 11.3 Å². The van der Waals surface area contributed by atoms with Crippen LogP contribution in [-0.4, -0.2) is 26.6 Å². The van der Waals surface area contributed by atoms with Gasteiger partial charge in [0.15, 0.2) is 0 Å². The Bertz CT molecular complexity index is 1120. The zero-order chi connectivity index (χ0) is 21.7. The maximum Gasteiger partial charge on any atom is 0.244 e. The molecular formula is C22H26N2O4S2. The Balaban J connectivity index is 1.83. The summed E-state index contributed by atoms with van der Waals surface area (Å²) in [5, 5.41) is 0.885. The Morgan fingerprint density at radius 3 is 2.47 bits per heavy atom. The highest BCUT2D eigenvalue weighted by Crippen LogP contribution is 2.32. The Morgan fingerprint density at radius 2 is 1.77 bits per heavy atom. The van der Waals surface area contributed by atoms with E-state index in [-0.39, 0.29) is 17.2 Å². The molecule has 0 saturated heterocycles. The van der Waals surface area contributed by atoms with E-state index in [1.165, 1.54) is 17.4 Å². The minimum atomic E-state index is -3.77. The SMILES string of the molecule is CCOc1ccc(S(=O)(=O)NCc2sc(-c3ccccc3C)nc2C)c(OCC)c1. The van der Waals surface area contributed by atoms with Gasteiger partial charge in [-0.05, 0) is 45.4 Å². The molecule has 0 aliphatic heterocycles. The van der Waals surface area contributed by atoms with Gasteiger partial charge in [0.1, 0.15) is 21.4 Å². The van der Waals surface area contributed by atoms with E-state index in [2.05, 4.69) is 9.71 Å². The van der Waals surface area contributed by atoms with Crippen LogP contribution in [0.5, 0.6) is 11.5 Å². The molecule has 0 bridgehead atoms. The van der Waals surface area contributed by atoms with Gasteiger partial charge in [0.05, 0.1) is 18.9 Å². The Labute approximate surface area is 181 Å². The minimum Gasteiger partial charge on any atom is -0.494 e. The molecule has 0 fully saturated rings. The molecule has 0 aliphatic carbocycles. The van der Waals surface area contributed by atoms with Gasteiger partial charge in [-0.2, -0.15) is 0 Å². The van der Waals surface area contributed by atoms with Crippen molar-refractivity contribution >= 4 is 21.4 Å². The Hall–Kier alpha value is -2.42. The average molecular weight is 447 g/mol. The number of nitrogens with one attached hydrogen (secondary N) is 1. The van der Waals surface area contributed by atoms with Crippen LogP contribution in [0.4, 0.5) is 0 Å². The highest BCUT2D eigenvalue weighted by atomic mass is 32.2. The van der Waals surface area contributed by atoms with Crippen LogP contribution in [-0.2, 0) is 16.6 Å². The lowest BCUT2D eigenvalue weighted by Gasteiger charge is -2.13. The molecule has 1 heterocycles. The Kier molecular flexibility index (Phi) is 7.12. The first-order chi connectivity index (χ1) is 14.4. The maximum absolute atomic E-state index is 13.0. The van der Waals surface area contributed by atoms with Gasteiger partial charge in [0.25, 0.3) is 0 Å². The number of aryl methyl sites for hydroxylation is 2. The molecule has 0 radical (unpaired) electrons. The second-order valence-electron chi connectivity index (χ2n) is 6.64. The molecule has 8 heteroatoms. The summed E-state index contributed by atoms with van der Waals surface area (Å²) < 4.78 is 39.6. The quantitative estimate of drug-likeness (QED) is 0.515. The number of rotatable bonds is 9. The molecule has 1 N–H and O–H groups in total. The summed E-state index contributed by atoms with van der Waals surface area (Å²) >= 11 is 1.50. The predicted molar refractivity (Wildman–Crippen MR) is 120 cm³/mol. The summed E-state index contributed by atoms with van der Waals surface area (Å²) in [6.07, 6.45) is 0. The molecule has 0 saturated carbocycles. The van der Waals surface area contributed by atoms with Crippen molar-refractivity contribution in [2.45, 2.75) is 39.1 Å². The summed E-state index contributed by atoms with van der Waals surface area (Å²) in [6.45, 7) is 8.62. The highest BCUT2D eigenvalue weighted by molar-refractivity contribution is 7.89. The van der Waals surface area contributed by atoms with Crippen LogP contribution in [0.15, 0.2) is 47.4 Å². The van der Waals surface area contributed by atoms with Crippen LogP contribution in [0, 0.1) is 13.8 Å². The fourth-order valence-electron chi connectivity index (χ4n) is 2.99. The van der Waals surface area contributed by atoms with Crippen LogP contribution in [0.25, 0.3) is 10.6 Å². The molecule has 0 spiro atoms. The molecule has 2 aromatic carbocycles. The van der Waals surface area contributed by atoms with Crippen LogP contribution in [0.2, 0.25) is 0 Å². The summed E-state index contributed by atoms with van der Waals surface area (Å²) in [5.74, 6) is 0.846. The maximum atomic E-state index is 13.0. The summed E-state index contributed by atoms with van der Waals surface area (Å²) in [5.41, 5.74) is 3.01. The molecular weight excluding hydrogens is 420 g/mol. The van der Waals surface area contributed by atoms with E-state index >= 15 is 0 Å². The summed E-state index contributed by atoms with van der Waals surface area (Å²) in [6, 6.07) is 12.8. The molecule has 1 aromatic heterocycles. The summed E-state index contributed by atoms with van der Waals surface area (Å²) in [4.78, 5) is 5.60. The molecule has 30 heavy (non-hydrogen) atoms. The number of thiazole rings is 1. The van der Waals surface area contributed by atoms with Crippen molar-refractivity contribution in [3.8, 4) is 22.1 Å². The molecule has 0 unspecified atom stereocenters. The number of aromatic nitrogens is 1. The van der Waals surface area contributed by atoms with E-state index in [0.717, 1.165) is 26.7 Å². The third kappa shape index (κ3) is 5.00. The van der Waals surface area contributed by atoms with Crippen molar-refractivity contribution in [3.05, 3.63) is 58.6 Å².